The van der Waals surface area contributed by atoms with Crippen LogP contribution in [0.15, 0.2) is 291 Å². The summed E-state index contributed by atoms with van der Waals surface area (Å²) in [5.74, 6) is 2.25. The Morgan fingerprint density at radius 2 is 0.306 bits per heavy atom. The second kappa shape index (κ2) is 55.6. The highest BCUT2D eigenvalue weighted by molar-refractivity contribution is 5.92. The van der Waals surface area contributed by atoms with Crippen LogP contribution < -0.4 is 14.7 Å². The van der Waals surface area contributed by atoms with E-state index < -0.39 is 0 Å². The molecule has 0 bridgehead atoms. The quantitative estimate of drug-likeness (QED) is 0.0354. The van der Waals surface area contributed by atoms with Gasteiger partial charge < -0.3 is 14.7 Å². The summed E-state index contributed by atoms with van der Waals surface area (Å²) in [4.78, 5) is 26.0. The van der Waals surface area contributed by atoms with Crippen molar-refractivity contribution in [3.8, 4) is 67.5 Å². The van der Waals surface area contributed by atoms with Gasteiger partial charge in [0.05, 0.1) is 0 Å². The molecule has 0 N–H and O–H groups in total. The van der Waals surface area contributed by atoms with E-state index >= 15 is 0 Å². The van der Waals surface area contributed by atoms with Crippen molar-refractivity contribution >= 4 is 51.2 Å². The summed E-state index contributed by atoms with van der Waals surface area (Å²) in [6, 6.07) is 112. The first-order valence-electron chi connectivity index (χ1n) is 58.6. The van der Waals surface area contributed by atoms with Crippen molar-refractivity contribution in [3.63, 3.8) is 0 Å². The van der Waals surface area contributed by atoms with E-state index in [4.69, 9.17) is 15.0 Å². The molecule has 0 aliphatic heterocycles. The first-order valence-corrected chi connectivity index (χ1v) is 58.6. The molecular weight excluding hydrogens is 1740 g/mol. The summed E-state index contributed by atoms with van der Waals surface area (Å²) in [7, 11) is 0. The number of hydrogen-bond donors (Lipinski definition) is 0. The number of benzene rings is 12. The van der Waals surface area contributed by atoms with Gasteiger partial charge in [-0.3, -0.25) is 0 Å². The highest BCUT2D eigenvalue weighted by Crippen LogP contribution is 2.61. The van der Waals surface area contributed by atoms with Crippen molar-refractivity contribution in [2.75, 3.05) is 14.7 Å². The molecule has 3 aliphatic carbocycles. The van der Waals surface area contributed by atoms with Crippen molar-refractivity contribution in [1.29, 1.82) is 0 Å². The summed E-state index contributed by atoms with van der Waals surface area (Å²) in [6.07, 6.45) is 67.9. The van der Waals surface area contributed by atoms with E-state index in [2.05, 4.69) is 347 Å². The van der Waals surface area contributed by atoms with Gasteiger partial charge >= 0.3 is 0 Å². The van der Waals surface area contributed by atoms with Crippen LogP contribution in [-0.4, -0.2) is 15.0 Å². The molecule has 0 amide bonds. The van der Waals surface area contributed by atoms with E-state index in [1.165, 1.54) is 426 Å². The lowest BCUT2D eigenvalue weighted by atomic mass is 9.70. The molecule has 0 spiro atoms. The molecule has 0 atom stereocenters. The minimum atomic E-state index is -0.276. The molecule has 756 valence electrons. The zero-order valence-electron chi connectivity index (χ0n) is 89.6. The lowest BCUT2D eigenvalue weighted by Gasteiger charge is -2.34. The topological polar surface area (TPSA) is 48.4 Å². The van der Waals surface area contributed by atoms with E-state index in [1.54, 1.807) is 0 Å². The van der Waals surface area contributed by atoms with Crippen molar-refractivity contribution in [1.82, 2.24) is 15.0 Å². The maximum atomic E-state index is 6.15. The number of fused-ring (bicyclic) bond motifs is 9. The van der Waals surface area contributed by atoms with E-state index in [0.29, 0.717) is 0 Å². The number of hydrogen-bond acceptors (Lipinski definition) is 6. The number of unbranched alkanes of at least 4 members (excludes halogenated alkanes) is 42. The van der Waals surface area contributed by atoms with Crippen molar-refractivity contribution in [2.45, 2.75) is 405 Å². The van der Waals surface area contributed by atoms with Gasteiger partial charge in [0.1, 0.15) is 0 Å². The Labute approximate surface area is 871 Å². The van der Waals surface area contributed by atoms with Gasteiger partial charge in [-0.1, -0.05) is 514 Å². The number of rotatable bonds is 66. The van der Waals surface area contributed by atoms with Gasteiger partial charge in [-0.25, -0.2) is 15.0 Å². The molecule has 0 fully saturated rings. The Balaban J connectivity index is 0.902. The van der Waals surface area contributed by atoms with Gasteiger partial charge in [0.2, 0.25) is 0 Å². The number of aromatic nitrogens is 3. The first-order chi connectivity index (χ1) is 71.2. The van der Waals surface area contributed by atoms with Crippen molar-refractivity contribution in [3.05, 3.63) is 325 Å². The SMILES string of the molecule is CCCCCCCCCCC1(CCCCCCCCCC)c2cc(-c3nc(-c4ccc5c(c4)C(CCCCCCCCCC)(CCCCCCCCCC)c4cc(N(c6ccccc6)c6ccccc6)ccc4-5)nc(-c4ccc5c(c4)C(CCCCCCCCCC)(CCCCCCCCCC)c4cc(N(c6ccccc6)c6ccccc6)ccc4-5)n3)ccc2-c2ccc(N(c3ccccc3)c3ccccc3)cc21. The normalized spacial score (nSPS) is 13.2. The van der Waals surface area contributed by atoms with Gasteiger partial charge in [0.15, 0.2) is 17.5 Å². The molecule has 0 unspecified atom stereocenters. The fourth-order valence-electron chi connectivity index (χ4n) is 25.2. The predicted molar refractivity (Wildman–Crippen MR) is 622 cm³/mol. The minimum Gasteiger partial charge on any atom is -0.310 e. The average Bonchev–Trinajstić information content (AvgIpc) is 1.55. The summed E-state index contributed by atoms with van der Waals surface area (Å²) in [6.45, 7) is 14.1. The number of anilines is 9. The van der Waals surface area contributed by atoms with Gasteiger partial charge in [-0.05, 0) is 233 Å². The van der Waals surface area contributed by atoms with Crippen LogP contribution in [0.5, 0.6) is 0 Å². The lowest BCUT2D eigenvalue weighted by Crippen LogP contribution is -2.26. The number of nitrogens with zero attached hydrogens (tertiary/aromatic N) is 6. The summed E-state index contributed by atoms with van der Waals surface area (Å²) in [5, 5.41) is 0. The van der Waals surface area contributed by atoms with Crippen LogP contribution in [0.3, 0.4) is 0 Å². The molecule has 1 heterocycles. The smallest absolute Gasteiger partial charge is 0.164 e. The van der Waals surface area contributed by atoms with Gasteiger partial charge in [-0.2, -0.15) is 0 Å². The van der Waals surface area contributed by atoms with E-state index in [9.17, 15) is 0 Å². The third kappa shape index (κ3) is 26.5. The highest BCUT2D eigenvalue weighted by atomic mass is 15.2. The van der Waals surface area contributed by atoms with Crippen LogP contribution in [0, 0.1) is 0 Å². The molecule has 0 saturated heterocycles. The zero-order valence-corrected chi connectivity index (χ0v) is 89.6. The summed E-state index contributed by atoms with van der Waals surface area (Å²) >= 11 is 0. The van der Waals surface area contributed by atoms with Gasteiger partial charge in [0.25, 0.3) is 0 Å². The van der Waals surface area contributed by atoms with Crippen molar-refractivity contribution in [2.24, 2.45) is 0 Å². The zero-order chi connectivity index (χ0) is 99.1. The molecule has 1 aromatic heterocycles. The molecular formula is C138H174N6. The fourth-order valence-corrected chi connectivity index (χ4v) is 25.2. The van der Waals surface area contributed by atoms with Crippen LogP contribution in [0.2, 0.25) is 0 Å². The van der Waals surface area contributed by atoms with E-state index in [1.807, 2.05) is 0 Å². The van der Waals surface area contributed by atoms with E-state index in [0.717, 1.165) is 72.7 Å². The molecule has 0 radical (unpaired) electrons. The summed E-state index contributed by atoms with van der Waals surface area (Å²) in [5.41, 5.74) is 30.0. The van der Waals surface area contributed by atoms with E-state index in [-0.39, 0.29) is 16.2 Å². The second-order valence-corrected chi connectivity index (χ2v) is 43.4. The third-order valence-corrected chi connectivity index (χ3v) is 33.0. The van der Waals surface area contributed by atoms with Crippen LogP contribution >= 0.6 is 0 Å². The van der Waals surface area contributed by atoms with Crippen molar-refractivity contribution < 1.29 is 0 Å². The Bertz CT molecular complexity index is 5210. The Hall–Kier alpha value is -11.0. The van der Waals surface area contributed by atoms with Crippen LogP contribution in [0.1, 0.15) is 422 Å². The third-order valence-electron chi connectivity index (χ3n) is 33.0. The Kier molecular flexibility index (Phi) is 40.8. The van der Waals surface area contributed by atoms with Crippen LogP contribution in [-0.2, 0) is 16.2 Å². The maximum Gasteiger partial charge on any atom is 0.164 e. The standard InChI is InChI=1S/C138H174N6/c1-7-13-19-25-31-37-43-67-97-136(98-68-44-38-32-26-20-14-8-2)127-103-109(85-91-121(127)124-94-88-118(106-130(124)136)142(112-73-55-49-56-74-112)113-75-57-50-58-76-113)133-139-134(110-86-92-122-125-95-89-119(143(114-77-59-51-60-78-114)115-79-61-52-62-80-115)107-131(125)137(128(122)104-110,99-69-45-39-33-27-21-15-9-3)100-70-46-40-34-28-22-16-10-4)141-135(140-133)111-87-93-123-126-96-90-120(144(116-81-63-53-64-82-116)117-83-65-54-66-84-117)108-132(126)138(129(123)105-111,101-71-47-41-35-29-23-17-11-5)102-72-48-42-36-30-24-18-12-6/h49-66,73-96,103-108H,7-48,67-72,97-102H2,1-6H3. The molecule has 6 nitrogen and oxygen atoms in total. The molecule has 6 heteroatoms. The predicted octanol–water partition coefficient (Wildman–Crippen LogP) is 43.3. The maximum absolute atomic E-state index is 6.15. The average molecular weight is 1920 g/mol. The largest absolute Gasteiger partial charge is 0.310 e. The molecule has 16 rings (SSSR count). The first kappa shape index (κ1) is 106. The van der Waals surface area contributed by atoms with Crippen LogP contribution in [0.4, 0.5) is 51.2 Å². The highest BCUT2D eigenvalue weighted by Gasteiger charge is 2.47. The van der Waals surface area contributed by atoms with Gasteiger partial charge in [0, 0.05) is 84.1 Å². The number of para-hydroxylation sites is 6. The van der Waals surface area contributed by atoms with Gasteiger partial charge in [-0.15, -0.1) is 0 Å². The molecule has 0 saturated carbocycles. The van der Waals surface area contributed by atoms with Crippen LogP contribution in [0.25, 0.3) is 67.5 Å². The lowest BCUT2D eigenvalue weighted by molar-refractivity contribution is 0.397. The molecule has 144 heavy (non-hydrogen) atoms. The fraction of sp³-hybridized carbons (Fsp3) is 0.457. The molecule has 12 aromatic carbocycles. The summed E-state index contributed by atoms with van der Waals surface area (Å²) < 4.78 is 0. The Morgan fingerprint density at radius 1 is 0.153 bits per heavy atom. The molecule has 13 aromatic rings. The Morgan fingerprint density at radius 3 is 0.479 bits per heavy atom. The molecule has 3 aliphatic rings. The monoisotopic (exact) mass is 1920 g/mol. The second-order valence-electron chi connectivity index (χ2n) is 43.4. The minimum absolute atomic E-state index is 0.276.